The maximum atomic E-state index is 2.47. The van der Waals surface area contributed by atoms with Crippen molar-refractivity contribution in [3.05, 3.63) is 58.8 Å². The minimum atomic E-state index is 1.24. The van der Waals surface area contributed by atoms with E-state index in [-0.39, 0.29) is 0 Å². The monoisotopic (exact) mass is 444 g/mol. The second-order valence-electron chi connectivity index (χ2n) is 8.92. The summed E-state index contributed by atoms with van der Waals surface area (Å²) in [6.07, 6.45) is 13.8. The first-order valence-electron chi connectivity index (χ1n) is 12.1. The molecule has 0 bridgehead atoms. The first-order valence-corrected chi connectivity index (χ1v) is 13.8. The SMILES string of the molecule is CCCCCCCCCCCc1cc2c(ccc3c2ccc2c4ccsc4ccc23)s1. The molecule has 2 aromatic heterocycles. The van der Waals surface area contributed by atoms with Crippen LogP contribution in [-0.2, 0) is 6.42 Å². The van der Waals surface area contributed by atoms with Crippen molar-refractivity contribution in [1.82, 2.24) is 0 Å². The molecule has 0 N–H and O–H groups in total. The summed E-state index contributed by atoms with van der Waals surface area (Å²) in [6.45, 7) is 2.29. The van der Waals surface area contributed by atoms with E-state index in [0.29, 0.717) is 0 Å². The van der Waals surface area contributed by atoms with Gasteiger partial charge in [0.05, 0.1) is 0 Å². The zero-order valence-corrected chi connectivity index (χ0v) is 20.2. The normalized spacial score (nSPS) is 12.0. The van der Waals surface area contributed by atoms with Crippen LogP contribution in [0.5, 0.6) is 0 Å². The molecule has 0 aliphatic heterocycles. The van der Waals surface area contributed by atoms with Crippen molar-refractivity contribution in [1.29, 1.82) is 0 Å². The van der Waals surface area contributed by atoms with Gasteiger partial charge in [-0.1, -0.05) is 82.6 Å². The number of hydrogen-bond donors (Lipinski definition) is 0. The smallest absolute Gasteiger partial charge is 0.0352 e. The number of thiophene rings is 2. The van der Waals surface area contributed by atoms with Gasteiger partial charge in [-0.15, -0.1) is 22.7 Å². The third-order valence-electron chi connectivity index (χ3n) is 6.70. The highest BCUT2D eigenvalue weighted by molar-refractivity contribution is 7.19. The minimum absolute atomic E-state index is 1.24. The molecular weight excluding hydrogens is 412 g/mol. The van der Waals surface area contributed by atoms with Gasteiger partial charge in [0.2, 0.25) is 0 Å². The van der Waals surface area contributed by atoms with Crippen molar-refractivity contribution in [2.45, 2.75) is 71.1 Å². The van der Waals surface area contributed by atoms with Crippen LogP contribution in [0.25, 0.3) is 41.7 Å². The summed E-state index contributed by atoms with van der Waals surface area (Å²) >= 11 is 3.83. The van der Waals surface area contributed by atoms with Crippen LogP contribution in [0, 0.1) is 0 Å². The maximum absolute atomic E-state index is 2.47. The highest BCUT2D eigenvalue weighted by atomic mass is 32.1. The molecule has 0 spiro atoms. The average Bonchev–Trinajstić information content (AvgIpc) is 3.44. The van der Waals surface area contributed by atoms with Crippen LogP contribution in [0.1, 0.15) is 69.6 Å². The fourth-order valence-corrected chi connectivity index (χ4v) is 6.90. The zero-order chi connectivity index (χ0) is 21.0. The fraction of sp³-hybridized carbons (Fsp3) is 0.379. The van der Waals surface area contributed by atoms with Crippen molar-refractivity contribution in [3.8, 4) is 0 Å². The van der Waals surface area contributed by atoms with Crippen molar-refractivity contribution < 1.29 is 0 Å². The highest BCUT2D eigenvalue weighted by Crippen LogP contribution is 2.38. The molecule has 0 aliphatic rings. The number of hydrogen-bond acceptors (Lipinski definition) is 2. The lowest BCUT2D eigenvalue weighted by molar-refractivity contribution is 0.565. The Kier molecular flexibility index (Phi) is 6.57. The number of benzene rings is 3. The molecule has 0 fully saturated rings. The van der Waals surface area contributed by atoms with Gasteiger partial charge in [-0.25, -0.2) is 0 Å². The molecule has 2 heteroatoms. The second kappa shape index (κ2) is 9.71. The topological polar surface area (TPSA) is 0 Å². The molecule has 0 unspecified atom stereocenters. The summed E-state index contributed by atoms with van der Waals surface area (Å²) in [5.41, 5.74) is 0. The van der Waals surface area contributed by atoms with E-state index >= 15 is 0 Å². The van der Waals surface area contributed by atoms with E-state index in [1.165, 1.54) is 106 Å². The Labute approximate surface area is 193 Å². The summed E-state index contributed by atoms with van der Waals surface area (Å²) in [5, 5.41) is 10.6. The molecule has 2 heterocycles. The van der Waals surface area contributed by atoms with Gasteiger partial charge >= 0.3 is 0 Å². The summed E-state index contributed by atoms with van der Waals surface area (Å²) in [5.74, 6) is 0. The Morgan fingerprint density at radius 1 is 0.548 bits per heavy atom. The van der Waals surface area contributed by atoms with Crippen LogP contribution in [0.2, 0.25) is 0 Å². The van der Waals surface area contributed by atoms with Gasteiger partial charge in [-0.3, -0.25) is 0 Å². The molecule has 0 atom stereocenters. The summed E-state index contributed by atoms with van der Waals surface area (Å²) in [4.78, 5) is 1.55. The number of fused-ring (bicyclic) bond motifs is 7. The molecule has 0 saturated heterocycles. The number of unbranched alkanes of at least 4 members (excludes halogenated alkanes) is 8. The molecule has 5 aromatic rings. The quantitative estimate of drug-likeness (QED) is 0.148. The lowest BCUT2D eigenvalue weighted by Crippen LogP contribution is -1.83. The predicted molar refractivity (Wildman–Crippen MR) is 143 cm³/mol. The van der Waals surface area contributed by atoms with Gasteiger partial charge in [0.15, 0.2) is 0 Å². The maximum Gasteiger partial charge on any atom is 0.0352 e. The number of rotatable bonds is 10. The molecule has 5 rings (SSSR count). The second-order valence-corrected chi connectivity index (χ2v) is 11.0. The van der Waals surface area contributed by atoms with Gasteiger partial charge in [0.1, 0.15) is 0 Å². The zero-order valence-electron chi connectivity index (χ0n) is 18.6. The summed E-state index contributed by atoms with van der Waals surface area (Å²) in [7, 11) is 0. The van der Waals surface area contributed by atoms with Crippen LogP contribution in [0.4, 0.5) is 0 Å². The molecule has 160 valence electrons. The molecule has 0 amide bonds. The predicted octanol–water partition coefficient (Wildman–Crippen LogP) is 10.5. The first-order chi connectivity index (χ1) is 15.3. The Morgan fingerprint density at radius 2 is 1.13 bits per heavy atom. The minimum Gasteiger partial charge on any atom is -0.144 e. The molecule has 31 heavy (non-hydrogen) atoms. The van der Waals surface area contributed by atoms with Crippen LogP contribution >= 0.6 is 22.7 Å². The molecule has 3 aromatic carbocycles. The molecule has 0 aliphatic carbocycles. The Hall–Kier alpha value is -1.90. The standard InChI is InChI=1S/C29H32S2/c1-2-3-4-5-6-7-8-9-10-11-21-20-27-25-13-12-24-22(23(25)15-17-29(27)31-21)14-16-28-26(24)18-19-30-28/h12-20H,2-11H2,1H3. The highest BCUT2D eigenvalue weighted by Gasteiger charge is 2.10. The molecule has 0 nitrogen and oxygen atoms in total. The Balaban J connectivity index is 1.29. The lowest BCUT2D eigenvalue weighted by atomic mass is 9.98. The molecule has 0 radical (unpaired) electrons. The average molecular weight is 445 g/mol. The largest absolute Gasteiger partial charge is 0.144 e. The van der Waals surface area contributed by atoms with Crippen molar-refractivity contribution in [2.75, 3.05) is 0 Å². The van der Waals surface area contributed by atoms with E-state index in [0.717, 1.165) is 0 Å². The van der Waals surface area contributed by atoms with E-state index in [1.807, 2.05) is 22.7 Å². The van der Waals surface area contributed by atoms with E-state index in [1.54, 1.807) is 4.88 Å². The molecular formula is C29H32S2. The van der Waals surface area contributed by atoms with Gasteiger partial charge in [-0.05, 0) is 64.0 Å². The van der Waals surface area contributed by atoms with Crippen molar-refractivity contribution >= 4 is 64.4 Å². The van der Waals surface area contributed by atoms with Gasteiger partial charge in [0, 0.05) is 25.0 Å². The van der Waals surface area contributed by atoms with Gasteiger partial charge < -0.3 is 0 Å². The van der Waals surface area contributed by atoms with E-state index in [2.05, 4.69) is 60.8 Å². The first kappa shape index (κ1) is 21.0. The van der Waals surface area contributed by atoms with Gasteiger partial charge in [-0.2, -0.15) is 0 Å². The van der Waals surface area contributed by atoms with Crippen LogP contribution in [0.3, 0.4) is 0 Å². The van der Waals surface area contributed by atoms with Gasteiger partial charge in [0.25, 0.3) is 0 Å². The molecule has 0 saturated carbocycles. The van der Waals surface area contributed by atoms with E-state index in [9.17, 15) is 0 Å². The van der Waals surface area contributed by atoms with E-state index < -0.39 is 0 Å². The fourth-order valence-electron chi connectivity index (χ4n) is 4.98. The Morgan fingerprint density at radius 3 is 1.87 bits per heavy atom. The number of aryl methyl sites for hydroxylation is 1. The van der Waals surface area contributed by atoms with Crippen LogP contribution < -0.4 is 0 Å². The lowest BCUT2D eigenvalue weighted by Gasteiger charge is -2.06. The van der Waals surface area contributed by atoms with Crippen LogP contribution in [0.15, 0.2) is 53.9 Å². The Bertz CT molecular complexity index is 1300. The van der Waals surface area contributed by atoms with Crippen molar-refractivity contribution in [3.63, 3.8) is 0 Å². The third-order valence-corrected chi connectivity index (χ3v) is 8.75. The summed E-state index contributed by atoms with van der Waals surface area (Å²) in [6, 6.07) is 18.7. The third kappa shape index (κ3) is 4.38. The van der Waals surface area contributed by atoms with Crippen LogP contribution in [-0.4, -0.2) is 0 Å². The van der Waals surface area contributed by atoms with Crippen molar-refractivity contribution in [2.24, 2.45) is 0 Å². The summed E-state index contributed by atoms with van der Waals surface area (Å²) < 4.78 is 2.82. The van der Waals surface area contributed by atoms with E-state index in [4.69, 9.17) is 0 Å².